The number of Topliss-reactive ketones (excluding diaryl/α,β-unsaturated/α-hetero) is 1. The van der Waals surface area contributed by atoms with Crippen molar-refractivity contribution in [3.63, 3.8) is 0 Å². The molecule has 0 aliphatic heterocycles. The summed E-state index contributed by atoms with van der Waals surface area (Å²) in [5.41, 5.74) is 4.85. The lowest BCUT2D eigenvalue weighted by molar-refractivity contribution is -0.192. The van der Waals surface area contributed by atoms with Gasteiger partial charge in [0.05, 0.1) is 11.4 Å². The molecule has 0 rings (SSSR count). The van der Waals surface area contributed by atoms with Crippen LogP contribution in [0.3, 0.4) is 0 Å². The third-order valence-corrected chi connectivity index (χ3v) is 5.11. The zero-order chi connectivity index (χ0) is 29.6. The fraction of sp³-hybridized carbons (Fsp3) is 0.783. The monoisotopic (exact) mass is 605 g/mol. The Balaban J connectivity index is 0. The fourth-order valence-corrected chi connectivity index (χ4v) is 2.94. The van der Waals surface area contributed by atoms with Crippen LogP contribution in [-0.4, -0.2) is 70.4 Å². The molecule has 0 aliphatic rings. The Morgan fingerprint density at radius 1 is 1.00 bits per heavy atom. The zero-order valence-electron chi connectivity index (χ0n) is 22.0. The number of hydrogen-bond donors (Lipinski definition) is 4. The van der Waals surface area contributed by atoms with Crippen molar-refractivity contribution in [2.75, 3.05) is 11.9 Å². The Labute approximate surface area is 223 Å². The van der Waals surface area contributed by atoms with Crippen molar-refractivity contribution in [2.45, 2.75) is 91.1 Å². The van der Waals surface area contributed by atoms with Gasteiger partial charge in [0.1, 0.15) is 11.6 Å². The summed E-state index contributed by atoms with van der Waals surface area (Å²) in [4.78, 5) is 58.4. The number of amides is 2. The topological polar surface area (TPSA) is 165 Å². The van der Waals surface area contributed by atoms with Gasteiger partial charge in [-0.3, -0.25) is 14.4 Å². The number of esters is 1. The third-order valence-electron chi connectivity index (χ3n) is 4.60. The zero-order valence-corrected chi connectivity index (χ0v) is 23.6. The summed E-state index contributed by atoms with van der Waals surface area (Å²) in [5.74, 6) is -4.94. The molecule has 0 saturated carbocycles. The molecule has 0 heterocycles. The van der Waals surface area contributed by atoms with Crippen molar-refractivity contribution in [3.05, 3.63) is 0 Å². The number of nitrogens with two attached hydrogens (primary N) is 1. The minimum absolute atomic E-state index is 0.0406. The van der Waals surface area contributed by atoms with E-state index in [4.69, 9.17) is 20.4 Å². The van der Waals surface area contributed by atoms with E-state index in [2.05, 4.69) is 26.6 Å². The highest BCUT2D eigenvalue weighted by Crippen LogP contribution is 2.15. The second-order valence-electron chi connectivity index (χ2n) is 9.68. The number of hydrogen-bond acceptors (Lipinski definition) is 7. The first-order valence-electron chi connectivity index (χ1n) is 11.7. The lowest BCUT2D eigenvalue weighted by atomic mass is 9.92. The molecule has 0 aliphatic carbocycles. The number of carboxylic acid groups (broad SMARTS) is 1. The first-order chi connectivity index (χ1) is 16.8. The summed E-state index contributed by atoms with van der Waals surface area (Å²) in [6.07, 6.45) is -3.32. The van der Waals surface area contributed by atoms with Crippen LogP contribution in [-0.2, 0) is 28.7 Å². The van der Waals surface area contributed by atoms with Gasteiger partial charge in [-0.2, -0.15) is 13.2 Å². The van der Waals surface area contributed by atoms with Gasteiger partial charge in [-0.15, -0.1) is 0 Å². The minimum Gasteiger partial charge on any atom is -0.475 e. The second kappa shape index (κ2) is 17.3. The highest BCUT2D eigenvalue weighted by Gasteiger charge is 2.38. The number of rotatable bonds is 13. The molecular formula is C23H39BrF3N3O7. The maximum atomic E-state index is 12.7. The van der Waals surface area contributed by atoms with Gasteiger partial charge in [-0.25, -0.2) is 9.59 Å². The number of ether oxygens (including phenoxy) is 1. The Hall–Kier alpha value is -2.22. The van der Waals surface area contributed by atoms with E-state index in [1.54, 1.807) is 27.7 Å². The van der Waals surface area contributed by atoms with E-state index >= 15 is 0 Å². The van der Waals surface area contributed by atoms with E-state index in [9.17, 15) is 32.3 Å². The Morgan fingerprint density at radius 2 is 1.51 bits per heavy atom. The number of carbonyl (C=O) groups excluding carboxylic acids is 4. The first-order valence-corrected chi connectivity index (χ1v) is 12.8. The van der Waals surface area contributed by atoms with E-state index in [0.29, 0.717) is 19.4 Å². The lowest BCUT2D eigenvalue weighted by Crippen LogP contribution is -2.48. The molecule has 10 nitrogen and oxygen atoms in total. The number of alkyl halides is 4. The van der Waals surface area contributed by atoms with Crippen LogP contribution in [0.1, 0.15) is 67.2 Å². The molecule has 0 saturated heterocycles. The molecule has 0 aromatic heterocycles. The van der Waals surface area contributed by atoms with Crippen LogP contribution in [0, 0.1) is 11.8 Å². The molecule has 3 atom stereocenters. The van der Waals surface area contributed by atoms with Gasteiger partial charge in [-0.1, -0.05) is 36.7 Å². The van der Waals surface area contributed by atoms with Gasteiger partial charge in [0, 0.05) is 12.3 Å². The standard InChI is InChI=1S/C21H38BrN3O5.C2HF3O2/c1-13(2)18(25-17(27)12-22)16(26)11-14(3)19(28)24-15(9-7-8-10-23)20(29)30-21(4,5)6;3-2(4,5)1(6)7/h13-15,18H,7-12,23H2,1-6H3,(H,24,28)(H,25,27);(H,6,7)/t14-,15+,18+;/m1./s1. The maximum absolute atomic E-state index is 12.7. The maximum Gasteiger partial charge on any atom is 0.490 e. The van der Waals surface area contributed by atoms with Crippen molar-refractivity contribution in [1.82, 2.24) is 10.6 Å². The van der Waals surface area contributed by atoms with Crippen LogP contribution >= 0.6 is 15.9 Å². The normalized spacial score (nSPS) is 13.9. The summed E-state index contributed by atoms with van der Waals surface area (Å²) in [6.45, 7) is 11.1. The van der Waals surface area contributed by atoms with Crippen LogP contribution in [0.4, 0.5) is 13.2 Å². The van der Waals surface area contributed by atoms with Crippen LogP contribution in [0.25, 0.3) is 0 Å². The molecule has 0 spiro atoms. The molecule has 2 amide bonds. The van der Waals surface area contributed by atoms with E-state index < -0.39 is 47.6 Å². The molecule has 5 N–H and O–H groups in total. The highest BCUT2D eigenvalue weighted by atomic mass is 79.9. The largest absolute Gasteiger partial charge is 0.490 e. The van der Waals surface area contributed by atoms with Crippen molar-refractivity contribution in [1.29, 1.82) is 0 Å². The summed E-state index contributed by atoms with van der Waals surface area (Å²) in [7, 11) is 0. The quantitative estimate of drug-likeness (QED) is 0.141. The molecule has 216 valence electrons. The van der Waals surface area contributed by atoms with Crippen molar-refractivity contribution in [2.24, 2.45) is 17.6 Å². The number of carboxylic acids is 1. The number of carbonyl (C=O) groups is 5. The molecule has 0 aromatic carbocycles. The van der Waals surface area contributed by atoms with Gasteiger partial charge in [0.2, 0.25) is 11.8 Å². The molecule has 0 bridgehead atoms. The molecular weight excluding hydrogens is 567 g/mol. The highest BCUT2D eigenvalue weighted by molar-refractivity contribution is 9.09. The molecule has 0 aromatic rings. The Morgan fingerprint density at radius 3 is 1.89 bits per heavy atom. The summed E-state index contributed by atoms with van der Waals surface area (Å²) in [6, 6.07) is -1.47. The van der Waals surface area contributed by atoms with Crippen molar-refractivity contribution >= 4 is 45.5 Å². The Bertz CT molecular complexity index is 772. The fourth-order valence-electron chi connectivity index (χ4n) is 2.78. The van der Waals surface area contributed by atoms with E-state index in [1.807, 2.05) is 13.8 Å². The van der Waals surface area contributed by atoms with E-state index in [1.165, 1.54) is 0 Å². The van der Waals surface area contributed by atoms with E-state index in [-0.39, 0.29) is 29.4 Å². The predicted molar refractivity (Wildman–Crippen MR) is 134 cm³/mol. The Kier molecular flexibility index (Phi) is 17.3. The third kappa shape index (κ3) is 17.8. The smallest absolute Gasteiger partial charge is 0.475 e. The van der Waals surface area contributed by atoms with Gasteiger partial charge < -0.3 is 26.2 Å². The number of nitrogens with one attached hydrogen (secondary N) is 2. The number of halogens is 4. The average molecular weight is 606 g/mol. The van der Waals surface area contributed by atoms with Crippen LogP contribution in [0.15, 0.2) is 0 Å². The number of aliphatic carboxylic acids is 1. The number of unbranched alkanes of at least 4 members (excludes halogenated alkanes) is 1. The lowest BCUT2D eigenvalue weighted by Gasteiger charge is -2.26. The second-order valence-corrected chi connectivity index (χ2v) is 10.2. The van der Waals surface area contributed by atoms with Crippen LogP contribution in [0.5, 0.6) is 0 Å². The summed E-state index contributed by atoms with van der Waals surface area (Å²) in [5, 5.41) is 12.6. The molecule has 0 unspecified atom stereocenters. The first kappa shape index (κ1) is 36.9. The molecule has 0 fully saturated rings. The van der Waals surface area contributed by atoms with Gasteiger partial charge in [0.15, 0.2) is 5.78 Å². The minimum atomic E-state index is -5.08. The van der Waals surface area contributed by atoms with Gasteiger partial charge in [0.25, 0.3) is 0 Å². The number of ketones is 1. The van der Waals surface area contributed by atoms with Crippen LogP contribution in [0.2, 0.25) is 0 Å². The van der Waals surface area contributed by atoms with Gasteiger partial charge in [-0.05, 0) is 52.5 Å². The summed E-state index contributed by atoms with van der Waals surface area (Å²) < 4.78 is 37.2. The van der Waals surface area contributed by atoms with Crippen molar-refractivity contribution in [3.8, 4) is 0 Å². The summed E-state index contributed by atoms with van der Waals surface area (Å²) >= 11 is 3.06. The average Bonchev–Trinajstić information content (AvgIpc) is 2.74. The molecule has 0 radical (unpaired) electrons. The molecule has 14 heteroatoms. The van der Waals surface area contributed by atoms with Gasteiger partial charge >= 0.3 is 18.1 Å². The SMILES string of the molecule is CC(C)[C@H](NC(=O)CBr)C(=O)C[C@@H](C)C(=O)N[C@@H](CCCCN)C(=O)OC(C)(C)C.O=C(O)C(F)(F)F. The van der Waals surface area contributed by atoms with Crippen molar-refractivity contribution < 1.29 is 47.0 Å². The molecule has 37 heavy (non-hydrogen) atoms. The van der Waals surface area contributed by atoms with Crippen LogP contribution < -0.4 is 16.4 Å². The van der Waals surface area contributed by atoms with E-state index in [0.717, 1.165) is 6.42 Å². The predicted octanol–water partition coefficient (Wildman–Crippen LogP) is 2.71.